The number of methoxy groups -OCH3 is 1. The number of aromatic nitrogens is 1. The third-order valence-electron chi connectivity index (χ3n) is 5.41. The fourth-order valence-corrected chi connectivity index (χ4v) is 4.65. The Hall–Kier alpha value is -2.74. The molecule has 2 unspecified atom stereocenters. The topological polar surface area (TPSA) is 113 Å². The largest absolute Gasteiger partial charge is 0.480 e. The molecule has 0 spiro atoms. The maximum absolute atomic E-state index is 15.0. The van der Waals surface area contributed by atoms with E-state index in [1.165, 1.54) is 23.5 Å². The van der Waals surface area contributed by atoms with E-state index in [1.54, 1.807) is 16.5 Å². The highest BCUT2D eigenvalue weighted by molar-refractivity contribution is 9.10. The van der Waals surface area contributed by atoms with Crippen molar-refractivity contribution in [3.05, 3.63) is 61.7 Å². The van der Waals surface area contributed by atoms with Gasteiger partial charge < -0.3 is 19.9 Å². The van der Waals surface area contributed by atoms with E-state index in [2.05, 4.69) is 31.2 Å². The predicted molar refractivity (Wildman–Crippen MR) is 121 cm³/mol. The highest BCUT2D eigenvalue weighted by Gasteiger charge is 2.37. The van der Waals surface area contributed by atoms with E-state index >= 15 is 4.39 Å². The van der Waals surface area contributed by atoms with Crippen molar-refractivity contribution < 1.29 is 33.0 Å². The molecule has 2 aliphatic heterocycles. The van der Waals surface area contributed by atoms with Crippen molar-refractivity contribution in [2.75, 3.05) is 33.4 Å². The summed E-state index contributed by atoms with van der Waals surface area (Å²) in [5.41, 5.74) is 0.0258. The standard InChI is InChI=1S/C21H19BrF2N4O5S/c1-32-21(31)14-12(8-28-5-6-33-9-13(28)20(29)30)26-18(19-25-4-7-34-19)27-17(14)10-2-3-11(22)16(24)15(10)23/h2-4,7,13,17H,5-6,8-9H2,1H3,(H,26,27)(H,29,30). The fraction of sp³-hybridized carbons (Fsp3) is 0.333. The number of esters is 1. The predicted octanol–water partition coefficient (Wildman–Crippen LogP) is 2.49. The number of hydrogen-bond acceptors (Lipinski definition) is 9. The minimum absolute atomic E-state index is 0.0215. The second-order valence-electron chi connectivity index (χ2n) is 7.39. The number of hydrogen-bond donors (Lipinski definition) is 2. The molecule has 0 bridgehead atoms. The summed E-state index contributed by atoms with van der Waals surface area (Å²) in [6.07, 6.45) is 1.56. The highest BCUT2D eigenvalue weighted by atomic mass is 79.9. The highest BCUT2D eigenvalue weighted by Crippen LogP contribution is 2.36. The summed E-state index contributed by atoms with van der Waals surface area (Å²) >= 11 is 4.21. The summed E-state index contributed by atoms with van der Waals surface area (Å²) in [6, 6.07) is 0.446. The van der Waals surface area contributed by atoms with Gasteiger partial charge in [0.2, 0.25) is 0 Å². The van der Waals surface area contributed by atoms with Gasteiger partial charge in [0.1, 0.15) is 12.1 Å². The Kier molecular flexibility index (Phi) is 7.36. The summed E-state index contributed by atoms with van der Waals surface area (Å²) in [6.45, 7) is 0.534. The summed E-state index contributed by atoms with van der Waals surface area (Å²) in [5.74, 6) is -3.93. The molecule has 1 aromatic heterocycles. The van der Waals surface area contributed by atoms with Crippen LogP contribution in [0.2, 0.25) is 0 Å². The Morgan fingerprint density at radius 2 is 2.18 bits per heavy atom. The minimum Gasteiger partial charge on any atom is -0.480 e. The minimum atomic E-state index is -1.26. The third kappa shape index (κ3) is 4.73. The second-order valence-corrected chi connectivity index (χ2v) is 9.14. The van der Waals surface area contributed by atoms with Crippen molar-refractivity contribution in [2.45, 2.75) is 12.1 Å². The molecule has 1 saturated heterocycles. The first-order chi connectivity index (χ1) is 16.3. The second kappa shape index (κ2) is 10.3. The Labute approximate surface area is 205 Å². The maximum atomic E-state index is 15.0. The molecule has 1 fully saturated rings. The first-order valence-electron chi connectivity index (χ1n) is 10.1. The van der Waals surface area contributed by atoms with Crippen molar-refractivity contribution in [2.24, 2.45) is 4.99 Å². The van der Waals surface area contributed by atoms with Gasteiger partial charge >= 0.3 is 11.9 Å². The Morgan fingerprint density at radius 3 is 2.85 bits per heavy atom. The lowest BCUT2D eigenvalue weighted by atomic mass is 9.94. The molecular weight excluding hydrogens is 538 g/mol. The van der Waals surface area contributed by atoms with E-state index in [-0.39, 0.29) is 46.8 Å². The SMILES string of the molecule is COC(=O)C1=C(CN2CCOCC2C(=O)O)NC(c2nccs2)=NC1c1ccc(Br)c(F)c1F. The van der Waals surface area contributed by atoms with Gasteiger partial charge in [-0.25, -0.2) is 18.6 Å². The third-order valence-corrected chi connectivity index (χ3v) is 6.80. The molecule has 0 aliphatic carbocycles. The lowest BCUT2D eigenvalue weighted by Crippen LogP contribution is -2.52. The summed E-state index contributed by atoms with van der Waals surface area (Å²) in [4.78, 5) is 35.0. The summed E-state index contributed by atoms with van der Waals surface area (Å²) in [5, 5.41) is 14.8. The number of carbonyl (C=O) groups excluding carboxylic acids is 1. The number of ether oxygens (including phenoxy) is 2. The molecule has 0 saturated carbocycles. The van der Waals surface area contributed by atoms with Crippen LogP contribution >= 0.6 is 27.3 Å². The van der Waals surface area contributed by atoms with Gasteiger partial charge in [-0.1, -0.05) is 6.07 Å². The van der Waals surface area contributed by atoms with Crippen LogP contribution in [0.25, 0.3) is 0 Å². The van der Waals surface area contributed by atoms with Crippen molar-refractivity contribution in [3.63, 3.8) is 0 Å². The summed E-state index contributed by atoms with van der Waals surface area (Å²) < 4.78 is 39.6. The van der Waals surface area contributed by atoms with Gasteiger partial charge in [0.15, 0.2) is 22.5 Å². The van der Waals surface area contributed by atoms with Crippen molar-refractivity contribution in [1.29, 1.82) is 0 Å². The molecule has 9 nitrogen and oxygen atoms in total. The van der Waals surface area contributed by atoms with Crippen LogP contribution in [-0.4, -0.2) is 72.2 Å². The van der Waals surface area contributed by atoms with Gasteiger partial charge in [-0.2, -0.15) is 0 Å². The van der Waals surface area contributed by atoms with Crippen molar-refractivity contribution >= 4 is 45.0 Å². The lowest BCUT2D eigenvalue weighted by Gasteiger charge is -2.35. The van der Waals surface area contributed by atoms with E-state index < -0.39 is 35.7 Å². The molecule has 0 amide bonds. The van der Waals surface area contributed by atoms with Gasteiger partial charge in [-0.05, 0) is 22.0 Å². The molecule has 2 aliphatic rings. The van der Waals surface area contributed by atoms with Gasteiger partial charge in [0.05, 0.1) is 30.4 Å². The molecule has 3 heterocycles. The van der Waals surface area contributed by atoms with E-state index in [0.717, 1.165) is 7.11 Å². The number of carbonyl (C=O) groups is 2. The number of nitrogens with one attached hydrogen (secondary N) is 1. The molecule has 13 heteroatoms. The van der Waals surface area contributed by atoms with Crippen LogP contribution in [0, 0.1) is 11.6 Å². The zero-order valence-electron chi connectivity index (χ0n) is 17.8. The van der Waals surface area contributed by atoms with E-state index in [9.17, 15) is 19.1 Å². The number of amidine groups is 1. The van der Waals surface area contributed by atoms with Crippen LogP contribution in [-0.2, 0) is 19.1 Å². The number of carboxylic acids is 1. The van der Waals surface area contributed by atoms with Crippen LogP contribution in [0.4, 0.5) is 8.78 Å². The molecule has 34 heavy (non-hydrogen) atoms. The maximum Gasteiger partial charge on any atom is 0.338 e. The fourth-order valence-electron chi connectivity index (χ4n) is 3.75. The first-order valence-corrected chi connectivity index (χ1v) is 11.7. The Bertz CT molecular complexity index is 1170. The van der Waals surface area contributed by atoms with E-state index in [4.69, 9.17) is 9.47 Å². The molecule has 4 rings (SSSR count). The van der Waals surface area contributed by atoms with Gasteiger partial charge in [-0.15, -0.1) is 11.3 Å². The van der Waals surface area contributed by atoms with Crippen LogP contribution in [0.3, 0.4) is 0 Å². The van der Waals surface area contributed by atoms with Gasteiger partial charge in [0.25, 0.3) is 0 Å². The number of carboxylic acid groups (broad SMARTS) is 1. The average molecular weight is 557 g/mol. The lowest BCUT2D eigenvalue weighted by molar-refractivity contribution is -0.149. The van der Waals surface area contributed by atoms with Gasteiger partial charge in [-0.3, -0.25) is 14.7 Å². The molecule has 180 valence electrons. The summed E-state index contributed by atoms with van der Waals surface area (Å²) in [7, 11) is 1.16. The van der Waals surface area contributed by atoms with Crippen molar-refractivity contribution in [1.82, 2.24) is 15.2 Å². The van der Waals surface area contributed by atoms with Crippen LogP contribution < -0.4 is 5.32 Å². The quantitative estimate of drug-likeness (QED) is 0.412. The average Bonchev–Trinajstić information content (AvgIpc) is 3.37. The number of nitrogens with zero attached hydrogens (tertiary/aromatic N) is 3. The monoisotopic (exact) mass is 556 g/mol. The number of halogens is 3. The van der Waals surface area contributed by atoms with E-state index in [0.29, 0.717) is 11.6 Å². The normalized spacial score (nSPS) is 21.1. The molecule has 1 aromatic carbocycles. The molecular formula is C21H19BrF2N4O5S. The molecule has 2 aromatic rings. The number of aliphatic imine (C=N–C) groups is 1. The number of rotatable bonds is 6. The van der Waals surface area contributed by atoms with Crippen LogP contribution in [0.5, 0.6) is 0 Å². The molecule has 2 atom stereocenters. The Balaban J connectivity index is 1.85. The smallest absolute Gasteiger partial charge is 0.338 e. The zero-order chi connectivity index (χ0) is 24.4. The van der Waals surface area contributed by atoms with Gasteiger partial charge in [0, 0.05) is 35.9 Å². The number of aliphatic carboxylic acids is 1. The van der Waals surface area contributed by atoms with Crippen LogP contribution in [0.1, 0.15) is 16.6 Å². The number of benzene rings is 1. The number of thiazole rings is 1. The molecule has 2 N–H and O–H groups in total. The zero-order valence-corrected chi connectivity index (χ0v) is 20.2. The molecule has 0 radical (unpaired) electrons. The number of morpholine rings is 1. The first kappa shape index (κ1) is 24.4. The van der Waals surface area contributed by atoms with Crippen molar-refractivity contribution in [3.8, 4) is 0 Å². The Morgan fingerprint density at radius 1 is 1.38 bits per heavy atom. The van der Waals surface area contributed by atoms with E-state index in [1.807, 2.05) is 0 Å². The van der Waals surface area contributed by atoms with Crippen LogP contribution in [0.15, 0.2) is 44.4 Å².